The molecule has 0 spiro atoms. The van der Waals surface area contributed by atoms with Gasteiger partial charge < -0.3 is 14.7 Å². The molecule has 1 aromatic carbocycles. The molecule has 0 aliphatic carbocycles. The first-order chi connectivity index (χ1) is 11.1. The van der Waals surface area contributed by atoms with Crippen LogP contribution in [0.3, 0.4) is 0 Å². The van der Waals surface area contributed by atoms with Gasteiger partial charge in [-0.25, -0.2) is 0 Å². The standard InChI is InChI=1S/C19H27BO3/c1-5-9-13-16-15(10-6-2)14-19(23-20(21)22)18(12-8-4)17(16)11-7-3/h6-8,14,21-22H,2-5,9-13H2,1H3. The van der Waals surface area contributed by atoms with Crippen LogP contribution in [0.1, 0.15) is 42.0 Å². The van der Waals surface area contributed by atoms with Crippen molar-refractivity contribution in [3.05, 3.63) is 66.3 Å². The maximum atomic E-state index is 9.22. The van der Waals surface area contributed by atoms with E-state index in [-0.39, 0.29) is 0 Å². The fourth-order valence-electron chi connectivity index (χ4n) is 2.84. The molecule has 1 aromatic rings. The van der Waals surface area contributed by atoms with Crippen LogP contribution in [0, 0.1) is 0 Å². The number of rotatable bonds is 11. The van der Waals surface area contributed by atoms with E-state index in [1.54, 1.807) is 6.08 Å². The Morgan fingerprint density at radius 3 is 2.13 bits per heavy atom. The monoisotopic (exact) mass is 314 g/mol. The predicted octanol–water partition coefficient (Wildman–Crippen LogP) is 3.56. The molecule has 2 N–H and O–H groups in total. The Bertz CT molecular complexity index is 550. The Kier molecular flexibility index (Phi) is 8.45. The number of unbranched alkanes of at least 4 members (excludes halogenated alkanes) is 1. The molecule has 0 aliphatic heterocycles. The van der Waals surface area contributed by atoms with Crippen molar-refractivity contribution < 1.29 is 14.7 Å². The van der Waals surface area contributed by atoms with Gasteiger partial charge in [0.25, 0.3) is 0 Å². The Labute approximate surface area is 140 Å². The number of allylic oxidation sites excluding steroid dienone is 3. The minimum atomic E-state index is -1.84. The van der Waals surface area contributed by atoms with Crippen LogP contribution in [-0.2, 0) is 25.7 Å². The third kappa shape index (κ3) is 5.41. The molecular weight excluding hydrogens is 287 g/mol. The molecule has 0 saturated heterocycles. The average molecular weight is 314 g/mol. The molecule has 1 rings (SSSR count). The molecule has 3 nitrogen and oxygen atoms in total. The van der Waals surface area contributed by atoms with Crippen LogP contribution >= 0.6 is 0 Å². The molecule has 0 radical (unpaired) electrons. The van der Waals surface area contributed by atoms with E-state index in [2.05, 4.69) is 26.7 Å². The quantitative estimate of drug-likeness (QED) is 0.485. The molecule has 0 heterocycles. The third-order valence-corrected chi connectivity index (χ3v) is 3.79. The fraction of sp³-hybridized carbons (Fsp3) is 0.368. The van der Waals surface area contributed by atoms with Crippen LogP contribution in [0.15, 0.2) is 44.0 Å². The van der Waals surface area contributed by atoms with E-state index in [9.17, 15) is 10.0 Å². The zero-order chi connectivity index (χ0) is 17.2. The topological polar surface area (TPSA) is 49.7 Å². The number of benzene rings is 1. The predicted molar refractivity (Wildman–Crippen MR) is 97.6 cm³/mol. The lowest BCUT2D eigenvalue weighted by Crippen LogP contribution is -2.22. The maximum absolute atomic E-state index is 9.22. The third-order valence-electron chi connectivity index (χ3n) is 3.79. The van der Waals surface area contributed by atoms with Crippen LogP contribution in [0.25, 0.3) is 0 Å². The van der Waals surface area contributed by atoms with Crippen molar-refractivity contribution in [2.45, 2.75) is 45.4 Å². The molecule has 0 atom stereocenters. The second-order valence-electron chi connectivity index (χ2n) is 5.50. The molecular formula is C19H27BO3. The summed E-state index contributed by atoms with van der Waals surface area (Å²) in [5.41, 5.74) is 4.52. The van der Waals surface area contributed by atoms with Gasteiger partial charge in [0.05, 0.1) is 0 Å². The van der Waals surface area contributed by atoms with Crippen molar-refractivity contribution in [3.8, 4) is 5.75 Å². The summed E-state index contributed by atoms with van der Waals surface area (Å²) < 4.78 is 5.23. The average Bonchev–Trinajstić information content (AvgIpc) is 2.50. The normalized spacial score (nSPS) is 10.2. The lowest BCUT2D eigenvalue weighted by atomic mass is 9.87. The summed E-state index contributed by atoms with van der Waals surface area (Å²) >= 11 is 0. The van der Waals surface area contributed by atoms with E-state index < -0.39 is 7.32 Å². The van der Waals surface area contributed by atoms with Crippen LogP contribution in [0.4, 0.5) is 0 Å². The van der Waals surface area contributed by atoms with Crippen molar-refractivity contribution in [1.29, 1.82) is 0 Å². The summed E-state index contributed by atoms with van der Waals surface area (Å²) in [6.07, 6.45) is 10.8. The summed E-state index contributed by atoms with van der Waals surface area (Å²) in [5.74, 6) is 0.494. The smallest absolute Gasteiger partial charge is 0.512 e. The lowest BCUT2D eigenvalue weighted by Gasteiger charge is -2.21. The zero-order valence-electron chi connectivity index (χ0n) is 14.1. The Morgan fingerprint density at radius 1 is 1.00 bits per heavy atom. The molecule has 0 bridgehead atoms. The van der Waals surface area contributed by atoms with Gasteiger partial charge in [-0.15, -0.1) is 19.7 Å². The van der Waals surface area contributed by atoms with E-state index >= 15 is 0 Å². The van der Waals surface area contributed by atoms with Gasteiger partial charge in [0.15, 0.2) is 0 Å². The molecule has 0 amide bonds. The van der Waals surface area contributed by atoms with Crippen molar-refractivity contribution in [2.24, 2.45) is 0 Å². The van der Waals surface area contributed by atoms with Gasteiger partial charge in [-0.05, 0) is 60.4 Å². The molecule has 0 unspecified atom stereocenters. The van der Waals surface area contributed by atoms with E-state index in [1.807, 2.05) is 18.2 Å². The van der Waals surface area contributed by atoms with Crippen LogP contribution in [0.2, 0.25) is 0 Å². The van der Waals surface area contributed by atoms with Crippen LogP contribution < -0.4 is 4.65 Å². The zero-order valence-corrected chi connectivity index (χ0v) is 14.1. The largest absolute Gasteiger partial charge is 0.707 e. The molecule has 124 valence electrons. The molecule has 0 aromatic heterocycles. The SMILES string of the molecule is C=CCc1cc(OB(O)O)c(CC=C)c(CC=C)c1CCCC. The Balaban J connectivity index is 3.54. The highest BCUT2D eigenvalue weighted by Gasteiger charge is 2.20. The Morgan fingerprint density at radius 2 is 1.61 bits per heavy atom. The second-order valence-corrected chi connectivity index (χ2v) is 5.50. The molecule has 23 heavy (non-hydrogen) atoms. The lowest BCUT2D eigenvalue weighted by molar-refractivity contribution is 0.287. The van der Waals surface area contributed by atoms with Gasteiger partial charge in [0, 0.05) is 0 Å². The second kappa shape index (κ2) is 10.1. The van der Waals surface area contributed by atoms with E-state index in [0.29, 0.717) is 18.6 Å². The summed E-state index contributed by atoms with van der Waals surface area (Å²) in [6, 6.07) is 1.90. The van der Waals surface area contributed by atoms with Gasteiger partial charge >= 0.3 is 7.32 Å². The van der Waals surface area contributed by atoms with Crippen molar-refractivity contribution in [3.63, 3.8) is 0 Å². The highest BCUT2D eigenvalue weighted by atomic mass is 16.6. The first-order valence-corrected chi connectivity index (χ1v) is 8.10. The van der Waals surface area contributed by atoms with E-state index in [0.717, 1.165) is 42.4 Å². The molecule has 0 saturated carbocycles. The van der Waals surface area contributed by atoms with Crippen LogP contribution in [-0.4, -0.2) is 17.4 Å². The summed E-state index contributed by atoms with van der Waals surface area (Å²) in [5, 5.41) is 18.4. The summed E-state index contributed by atoms with van der Waals surface area (Å²) in [4.78, 5) is 0. The van der Waals surface area contributed by atoms with Crippen LogP contribution in [0.5, 0.6) is 5.75 Å². The summed E-state index contributed by atoms with van der Waals surface area (Å²) in [7, 11) is -1.84. The minimum Gasteiger partial charge on any atom is -0.512 e. The highest BCUT2D eigenvalue weighted by molar-refractivity contribution is 6.33. The molecule has 0 fully saturated rings. The summed E-state index contributed by atoms with van der Waals surface area (Å²) in [6.45, 7) is 13.7. The fourth-order valence-corrected chi connectivity index (χ4v) is 2.84. The number of hydrogen-bond donors (Lipinski definition) is 2. The minimum absolute atomic E-state index is 0.494. The van der Waals surface area contributed by atoms with Gasteiger partial charge in [-0.1, -0.05) is 31.6 Å². The van der Waals surface area contributed by atoms with Crippen molar-refractivity contribution >= 4 is 7.32 Å². The Hall–Kier alpha value is -1.78. The van der Waals surface area contributed by atoms with Gasteiger partial charge in [0.1, 0.15) is 5.75 Å². The first-order valence-electron chi connectivity index (χ1n) is 8.10. The highest BCUT2D eigenvalue weighted by Crippen LogP contribution is 2.32. The van der Waals surface area contributed by atoms with E-state index in [4.69, 9.17) is 4.65 Å². The van der Waals surface area contributed by atoms with Gasteiger partial charge in [-0.2, -0.15) is 0 Å². The van der Waals surface area contributed by atoms with Crippen molar-refractivity contribution in [1.82, 2.24) is 0 Å². The van der Waals surface area contributed by atoms with E-state index in [1.165, 1.54) is 5.56 Å². The van der Waals surface area contributed by atoms with Crippen molar-refractivity contribution in [2.75, 3.05) is 0 Å². The van der Waals surface area contributed by atoms with Gasteiger partial charge in [0.2, 0.25) is 0 Å². The number of hydrogen-bond acceptors (Lipinski definition) is 3. The first kappa shape index (κ1) is 19.3. The molecule has 4 heteroatoms. The maximum Gasteiger partial charge on any atom is 0.707 e. The molecule has 0 aliphatic rings. The van der Waals surface area contributed by atoms with Gasteiger partial charge in [-0.3, -0.25) is 0 Å².